The van der Waals surface area contributed by atoms with Crippen molar-refractivity contribution in [1.29, 1.82) is 0 Å². The van der Waals surface area contributed by atoms with E-state index in [0.29, 0.717) is 22.7 Å². The van der Waals surface area contributed by atoms with Crippen LogP contribution in [0.5, 0.6) is 11.5 Å². The Morgan fingerprint density at radius 1 is 0.846 bits per heavy atom. The molecule has 0 spiro atoms. The Bertz CT molecular complexity index is 1010. The molecule has 0 atom stereocenters. The second kappa shape index (κ2) is 7.41. The molecule has 0 radical (unpaired) electrons. The molecule has 3 rings (SSSR count). The van der Waals surface area contributed by atoms with Crippen molar-refractivity contribution < 1.29 is 17.9 Å². The fourth-order valence-electron chi connectivity index (χ4n) is 2.34. The lowest BCUT2D eigenvalue weighted by atomic mass is 10.2. The first-order chi connectivity index (χ1) is 12.4. The van der Waals surface area contributed by atoms with Gasteiger partial charge in [0.15, 0.2) is 9.84 Å². The van der Waals surface area contributed by atoms with Crippen LogP contribution in [0.4, 0.5) is 5.69 Å². The molecule has 0 aromatic heterocycles. The maximum absolute atomic E-state index is 12.6. The number of hydrogen-bond donors (Lipinski definition) is 1. The summed E-state index contributed by atoms with van der Waals surface area (Å²) in [6, 6.07) is 22.1. The van der Waals surface area contributed by atoms with Crippen molar-refractivity contribution in [3.63, 3.8) is 0 Å². The second-order valence-corrected chi connectivity index (χ2v) is 7.68. The lowest BCUT2D eigenvalue weighted by Crippen LogP contribution is -2.13. The molecule has 0 bridgehead atoms. The molecule has 0 fully saturated rings. The van der Waals surface area contributed by atoms with Crippen LogP contribution in [0.3, 0.4) is 0 Å². The summed E-state index contributed by atoms with van der Waals surface area (Å²) in [5.74, 6) is 0.720. The maximum atomic E-state index is 12.6. The van der Waals surface area contributed by atoms with Crippen molar-refractivity contribution in [2.75, 3.05) is 11.6 Å². The van der Waals surface area contributed by atoms with Crippen LogP contribution in [-0.2, 0) is 9.84 Å². The lowest BCUT2D eigenvalue weighted by Gasteiger charge is -2.11. The Kier molecular flexibility index (Phi) is 5.04. The molecule has 1 amide bonds. The zero-order valence-corrected chi connectivity index (χ0v) is 14.9. The SMILES string of the molecule is CS(=O)(=O)c1ccc(NC(=O)c2ccccc2Oc2ccccc2)cc1. The van der Waals surface area contributed by atoms with E-state index >= 15 is 0 Å². The number of nitrogens with one attached hydrogen (secondary N) is 1. The molecule has 3 aromatic carbocycles. The second-order valence-electron chi connectivity index (χ2n) is 5.66. The highest BCUT2D eigenvalue weighted by atomic mass is 32.2. The van der Waals surface area contributed by atoms with Crippen LogP contribution in [0.15, 0.2) is 83.8 Å². The first kappa shape index (κ1) is 17.7. The van der Waals surface area contributed by atoms with Crippen LogP contribution >= 0.6 is 0 Å². The van der Waals surface area contributed by atoms with Gasteiger partial charge in [0, 0.05) is 11.9 Å². The summed E-state index contributed by atoms with van der Waals surface area (Å²) in [7, 11) is -3.27. The highest BCUT2D eigenvalue weighted by Gasteiger charge is 2.14. The molecule has 1 N–H and O–H groups in total. The van der Waals surface area contributed by atoms with Gasteiger partial charge in [0.05, 0.1) is 10.5 Å². The summed E-state index contributed by atoms with van der Waals surface area (Å²) in [5, 5.41) is 2.75. The Morgan fingerprint density at radius 3 is 2.12 bits per heavy atom. The Hall–Kier alpha value is -3.12. The van der Waals surface area contributed by atoms with E-state index in [0.717, 1.165) is 6.26 Å². The van der Waals surface area contributed by atoms with Gasteiger partial charge in [0.1, 0.15) is 11.5 Å². The Balaban J connectivity index is 1.80. The van der Waals surface area contributed by atoms with Crippen LogP contribution in [0, 0.1) is 0 Å². The third-order valence-corrected chi connectivity index (χ3v) is 4.77. The molecule has 0 saturated carbocycles. The highest BCUT2D eigenvalue weighted by Crippen LogP contribution is 2.26. The zero-order chi connectivity index (χ0) is 18.6. The number of rotatable bonds is 5. The van der Waals surface area contributed by atoms with Gasteiger partial charge in [-0.15, -0.1) is 0 Å². The van der Waals surface area contributed by atoms with E-state index in [1.54, 1.807) is 48.5 Å². The number of benzene rings is 3. The molecule has 26 heavy (non-hydrogen) atoms. The Morgan fingerprint density at radius 2 is 1.46 bits per heavy atom. The van der Waals surface area contributed by atoms with Crippen LogP contribution in [0.1, 0.15) is 10.4 Å². The third-order valence-electron chi connectivity index (χ3n) is 3.64. The first-order valence-corrected chi connectivity index (χ1v) is 9.76. The van der Waals surface area contributed by atoms with Crippen molar-refractivity contribution >= 4 is 21.4 Å². The average molecular weight is 367 g/mol. The van der Waals surface area contributed by atoms with Crippen LogP contribution < -0.4 is 10.1 Å². The van der Waals surface area contributed by atoms with Gasteiger partial charge < -0.3 is 10.1 Å². The largest absolute Gasteiger partial charge is 0.457 e. The predicted octanol–water partition coefficient (Wildman–Crippen LogP) is 4.13. The molecular formula is C20H17NO4S. The molecule has 132 valence electrons. The van der Waals surface area contributed by atoms with E-state index in [2.05, 4.69) is 5.32 Å². The van der Waals surface area contributed by atoms with Gasteiger partial charge in [-0.2, -0.15) is 0 Å². The van der Waals surface area contributed by atoms with Gasteiger partial charge in [-0.25, -0.2) is 8.42 Å². The van der Waals surface area contributed by atoms with Gasteiger partial charge in [-0.3, -0.25) is 4.79 Å². The van der Waals surface area contributed by atoms with Crippen LogP contribution in [0.2, 0.25) is 0 Å². The van der Waals surface area contributed by atoms with Crippen molar-refractivity contribution in [3.05, 3.63) is 84.4 Å². The minimum Gasteiger partial charge on any atom is -0.457 e. The smallest absolute Gasteiger partial charge is 0.259 e. The normalized spacial score (nSPS) is 11.0. The molecule has 0 unspecified atom stereocenters. The van der Waals surface area contributed by atoms with Gasteiger partial charge in [-0.05, 0) is 48.5 Å². The van der Waals surface area contributed by atoms with E-state index in [1.165, 1.54) is 12.1 Å². The number of carbonyl (C=O) groups excluding carboxylic acids is 1. The summed E-state index contributed by atoms with van der Waals surface area (Å²) >= 11 is 0. The Labute approximate surface area is 152 Å². The molecular weight excluding hydrogens is 350 g/mol. The zero-order valence-electron chi connectivity index (χ0n) is 14.0. The molecule has 5 nitrogen and oxygen atoms in total. The molecule has 3 aromatic rings. The topological polar surface area (TPSA) is 72.5 Å². The minimum absolute atomic E-state index is 0.198. The first-order valence-electron chi connectivity index (χ1n) is 7.87. The maximum Gasteiger partial charge on any atom is 0.259 e. The number of carbonyl (C=O) groups is 1. The summed E-state index contributed by atoms with van der Waals surface area (Å²) in [6.07, 6.45) is 1.14. The van der Waals surface area contributed by atoms with E-state index in [9.17, 15) is 13.2 Å². The fraction of sp³-hybridized carbons (Fsp3) is 0.0500. The number of amides is 1. The molecule has 6 heteroatoms. The summed E-state index contributed by atoms with van der Waals surface area (Å²) < 4.78 is 28.8. The van der Waals surface area contributed by atoms with Gasteiger partial charge >= 0.3 is 0 Å². The van der Waals surface area contributed by atoms with E-state index in [4.69, 9.17) is 4.74 Å². The van der Waals surface area contributed by atoms with Gasteiger partial charge in [0.2, 0.25) is 0 Å². The molecule has 0 aliphatic rings. The highest BCUT2D eigenvalue weighted by molar-refractivity contribution is 7.90. The monoisotopic (exact) mass is 367 g/mol. The summed E-state index contributed by atoms with van der Waals surface area (Å²) in [5.41, 5.74) is 0.875. The summed E-state index contributed by atoms with van der Waals surface area (Å²) in [4.78, 5) is 12.8. The van der Waals surface area contributed by atoms with E-state index in [-0.39, 0.29) is 10.8 Å². The average Bonchev–Trinajstić information content (AvgIpc) is 2.63. The summed E-state index contributed by atoms with van der Waals surface area (Å²) in [6.45, 7) is 0. The quantitative estimate of drug-likeness (QED) is 0.736. The molecule has 0 aliphatic carbocycles. The number of ether oxygens (including phenoxy) is 1. The predicted molar refractivity (Wildman–Crippen MR) is 100 cm³/mol. The molecule has 0 heterocycles. The van der Waals surface area contributed by atoms with E-state index in [1.807, 2.05) is 18.2 Å². The third kappa shape index (κ3) is 4.29. The minimum atomic E-state index is -3.27. The van der Waals surface area contributed by atoms with Crippen LogP contribution in [0.25, 0.3) is 0 Å². The lowest BCUT2D eigenvalue weighted by molar-refractivity contribution is 0.102. The number of anilines is 1. The van der Waals surface area contributed by atoms with Gasteiger partial charge in [-0.1, -0.05) is 30.3 Å². The molecule has 0 aliphatic heterocycles. The van der Waals surface area contributed by atoms with Crippen molar-refractivity contribution in [1.82, 2.24) is 0 Å². The molecule has 0 saturated heterocycles. The van der Waals surface area contributed by atoms with Crippen molar-refractivity contribution in [3.8, 4) is 11.5 Å². The van der Waals surface area contributed by atoms with E-state index < -0.39 is 9.84 Å². The van der Waals surface area contributed by atoms with Gasteiger partial charge in [0.25, 0.3) is 5.91 Å². The van der Waals surface area contributed by atoms with Crippen LogP contribution in [-0.4, -0.2) is 20.6 Å². The fourth-order valence-corrected chi connectivity index (χ4v) is 2.97. The standard InChI is InChI=1S/C20H17NO4S/c1-26(23,24)17-13-11-15(12-14-17)21-20(22)18-9-5-6-10-19(18)25-16-7-3-2-4-8-16/h2-14H,1H3,(H,21,22). The number of hydrogen-bond acceptors (Lipinski definition) is 4. The van der Waals surface area contributed by atoms with Crippen molar-refractivity contribution in [2.45, 2.75) is 4.90 Å². The number of para-hydroxylation sites is 2. The number of sulfone groups is 1. The van der Waals surface area contributed by atoms with Crippen molar-refractivity contribution in [2.24, 2.45) is 0 Å².